The van der Waals surface area contributed by atoms with Crippen LogP contribution in [0.4, 0.5) is 0 Å². The Morgan fingerprint density at radius 2 is 1.94 bits per heavy atom. The minimum absolute atomic E-state index is 0.519. The Hall–Kier alpha value is -1.61. The summed E-state index contributed by atoms with van der Waals surface area (Å²) in [6.45, 7) is 2.46. The molecule has 0 saturated carbocycles. The molecule has 1 aromatic carbocycles. The average molecular weight is 234 g/mol. The predicted molar refractivity (Wildman–Crippen MR) is 68.2 cm³/mol. The maximum absolute atomic E-state index is 5.84. The van der Waals surface area contributed by atoms with Crippen molar-refractivity contribution in [3.63, 3.8) is 0 Å². The minimum atomic E-state index is 0.519. The maximum Gasteiger partial charge on any atom is 0.121 e. The van der Waals surface area contributed by atoms with Crippen LogP contribution in [0, 0.1) is 0 Å². The molecule has 4 heteroatoms. The smallest absolute Gasteiger partial charge is 0.121 e. The van der Waals surface area contributed by atoms with E-state index in [0.29, 0.717) is 17.4 Å². The highest BCUT2D eigenvalue weighted by Gasteiger charge is 2.09. The first-order chi connectivity index (χ1) is 7.66. The molecule has 2 rings (SSSR count). The average Bonchev–Trinajstić information content (AvgIpc) is 2.41. The number of hydrogen-bond acceptors (Lipinski definition) is 3. The van der Waals surface area contributed by atoms with Crippen molar-refractivity contribution in [1.29, 1.82) is 0 Å². The molecule has 1 aliphatic heterocycles. The molecule has 0 spiro atoms. The summed E-state index contributed by atoms with van der Waals surface area (Å²) >= 11 is 5.84. The first-order valence-corrected chi connectivity index (χ1v) is 5.36. The third-order valence-corrected chi connectivity index (χ3v) is 2.56. The molecular weight excluding hydrogens is 222 g/mol. The topological polar surface area (TPSA) is 50.7 Å². The Kier molecular flexibility index (Phi) is 3.06. The highest BCUT2D eigenvalue weighted by atomic mass is 35.5. The molecular formula is C12H12ClN3. The lowest BCUT2D eigenvalue weighted by Crippen LogP contribution is -2.12. The van der Waals surface area contributed by atoms with Crippen LogP contribution in [0.1, 0.15) is 12.5 Å². The highest BCUT2D eigenvalue weighted by Crippen LogP contribution is 2.12. The van der Waals surface area contributed by atoms with Crippen LogP contribution in [0.3, 0.4) is 0 Å². The number of hydrogen-bond donors (Lipinski definition) is 1. The van der Waals surface area contributed by atoms with Crippen molar-refractivity contribution in [1.82, 2.24) is 0 Å². The van der Waals surface area contributed by atoms with Crippen LogP contribution in [0.25, 0.3) is 0 Å². The first-order valence-electron chi connectivity index (χ1n) is 4.98. The van der Waals surface area contributed by atoms with Gasteiger partial charge in [0.05, 0.1) is 18.0 Å². The summed E-state index contributed by atoms with van der Waals surface area (Å²) in [4.78, 5) is 8.69. The van der Waals surface area contributed by atoms with Crippen molar-refractivity contribution in [3.05, 3.63) is 46.7 Å². The van der Waals surface area contributed by atoms with Crippen LogP contribution >= 0.6 is 11.6 Å². The summed E-state index contributed by atoms with van der Waals surface area (Å²) < 4.78 is 0. The molecule has 1 aromatic rings. The number of nitrogens with two attached hydrogens (primary N) is 1. The quantitative estimate of drug-likeness (QED) is 0.796. The predicted octanol–water partition coefficient (Wildman–Crippen LogP) is 2.40. The van der Waals surface area contributed by atoms with E-state index in [9.17, 15) is 0 Å². The second kappa shape index (κ2) is 4.49. The molecule has 0 radical (unpaired) electrons. The van der Waals surface area contributed by atoms with Gasteiger partial charge in [-0.15, -0.1) is 0 Å². The van der Waals surface area contributed by atoms with Crippen molar-refractivity contribution in [2.24, 2.45) is 15.7 Å². The summed E-state index contributed by atoms with van der Waals surface area (Å²) in [5.41, 5.74) is 8.37. The number of nitrogens with zero attached hydrogens (tertiary/aromatic N) is 2. The largest absolute Gasteiger partial charge is 0.384 e. The summed E-state index contributed by atoms with van der Waals surface area (Å²) in [7, 11) is 0. The van der Waals surface area contributed by atoms with E-state index in [4.69, 9.17) is 17.3 Å². The Labute approximate surface area is 99.4 Å². The van der Waals surface area contributed by atoms with Crippen LogP contribution in [-0.4, -0.2) is 18.0 Å². The molecule has 0 saturated heterocycles. The monoisotopic (exact) mass is 233 g/mol. The van der Waals surface area contributed by atoms with Gasteiger partial charge in [-0.25, -0.2) is 4.99 Å². The van der Waals surface area contributed by atoms with Gasteiger partial charge in [-0.3, -0.25) is 4.99 Å². The molecule has 82 valence electrons. The second-order valence-corrected chi connectivity index (χ2v) is 3.96. The van der Waals surface area contributed by atoms with Gasteiger partial charge >= 0.3 is 0 Å². The van der Waals surface area contributed by atoms with Gasteiger partial charge in [-0.2, -0.15) is 0 Å². The van der Waals surface area contributed by atoms with E-state index in [-0.39, 0.29) is 0 Å². The van der Waals surface area contributed by atoms with Gasteiger partial charge in [0.15, 0.2) is 0 Å². The number of rotatable bonds is 1. The van der Waals surface area contributed by atoms with Gasteiger partial charge in [0, 0.05) is 10.6 Å². The normalized spacial score (nSPS) is 16.0. The van der Waals surface area contributed by atoms with E-state index >= 15 is 0 Å². The molecule has 0 atom stereocenters. The lowest BCUT2D eigenvalue weighted by atomic mass is 10.1. The SMILES string of the molecule is CC1=NC(N)=CCN=C1c1ccc(Cl)cc1. The number of halogens is 1. The fourth-order valence-corrected chi connectivity index (χ4v) is 1.67. The lowest BCUT2D eigenvalue weighted by molar-refractivity contribution is 1.17. The molecule has 0 bridgehead atoms. The van der Waals surface area contributed by atoms with E-state index in [1.165, 1.54) is 0 Å². The Morgan fingerprint density at radius 3 is 2.62 bits per heavy atom. The number of benzene rings is 1. The van der Waals surface area contributed by atoms with Crippen LogP contribution in [0.5, 0.6) is 0 Å². The second-order valence-electron chi connectivity index (χ2n) is 3.52. The summed E-state index contributed by atoms with van der Waals surface area (Å²) in [6.07, 6.45) is 1.80. The fourth-order valence-electron chi connectivity index (χ4n) is 1.55. The van der Waals surface area contributed by atoms with Gasteiger partial charge in [-0.1, -0.05) is 23.7 Å². The van der Waals surface area contributed by atoms with E-state index < -0.39 is 0 Å². The van der Waals surface area contributed by atoms with Crippen LogP contribution in [0.2, 0.25) is 5.02 Å². The molecule has 1 heterocycles. The van der Waals surface area contributed by atoms with E-state index in [0.717, 1.165) is 17.0 Å². The first kappa shape index (κ1) is 10.9. The lowest BCUT2D eigenvalue weighted by Gasteiger charge is -2.04. The highest BCUT2D eigenvalue weighted by molar-refractivity contribution is 6.48. The molecule has 2 N–H and O–H groups in total. The maximum atomic E-state index is 5.84. The van der Waals surface area contributed by atoms with Crippen LogP contribution in [-0.2, 0) is 0 Å². The third kappa shape index (κ3) is 2.31. The molecule has 3 nitrogen and oxygen atoms in total. The molecule has 16 heavy (non-hydrogen) atoms. The Balaban J connectivity index is 2.38. The molecule has 1 aliphatic rings. The van der Waals surface area contributed by atoms with E-state index in [1.807, 2.05) is 31.2 Å². The van der Waals surface area contributed by atoms with E-state index in [1.54, 1.807) is 6.08 Å². The van der Waals surface area contributed by atoms with E-state index in [2.05, 4.69) is 9.98 Å². The zero-order valence-electron chi connectivity index (χ0n) is 8.94. The summed E-state index contributed by atoms with van der Waals surface area (Å²) in [5, 5.41) is 0.713. The van der Waals surface area contributed by atoms with Crippen molar-refractivity contribution in [3.8, 4) is 0 Å². The van der Waals surface area contributed by atoms with Gasteiger partial charge in [0.2, 0.25) is 0 Å². The zero-order chi connectivity index (χ0) is 11.5. The van der Waals surface area contributed by atoms with Gasteiger partial charge in [-0.05, 0) is 25.1 Å². The van der Waals surface area contributed by atoms with Gasteiger partial charge in [0.25, 0.3) is 0 Å². The van der Waals surface area contributed by atoms with Crippen molar-refractivity contribution >= 4 is 23.0 Å². The molecule has 0 amide bonds. The van der Waals surface area contributed by atoms with Gasteiger partial charge < -0.3 is 5.73 Å². The van der Waals surface area contributed by atoms with Crippen LogP contribution in [0.15, 0.2) is 46.1 Å². The standard InChI is InChI=1S/C12H12ClN3/c1-8-12(15-7-6-11(14)16-8)9-2-4-10(13)5-3-9/h2-6H,7,14H2,1H3. The van der Waals surface area contributed by atoms with Gasteiger partial charge in [0.1, 0.15) is 5.82 Å². The third-order valence-electron chi connectivity index (χ3n) is 2.31. The zero-order valence-corrected chi connectivity index (χ0v) is 9.70. The van der Waals surface area contributed by atoms with Crippen LogP contribution < -0.4 is 5.73 Å². The minimum Gasteiger partial charge on any atom is -0.384 e. The number of aliphatic imine (C=N–C) groups is 2. The van der Waals surface area contributed by atoms with Crippen molar-refractivity contribution in [2.75, 3.05) is 6.54 Å². The molecule has 0 aromatic heterocycles. The summed E-state index contributed by atoms with van der Waals surface area (Å²) in [6, 6.07) is 7.55. The fraction of sp³-hybridized carbons (Fsp3) is 0.167. The Morgan fingerprint density at radius 1 is 1.25 bits per heavy atom. The van der Waals surface area contributed by atoms with Crippen molar-refractivity contribution < 1.29 is 0 Å². The molecule has 0 fully saturated rings. The molecule has 0 aliphatic carbocycles. The molecule has 0 unspecified atom stereocenters. The van der Waals surface area contributed by atoms with Crippen molar-refractivity contribution in [2.45, 2.75) is 6.92 Å². The summed E-state index contributed by atoms with van der Waals surface area (Å²) in [5.74, 6) is 0.519. The Bertz CT molecular complexity index is 483.